The highest BCUT2D eigenvalue weighted by atomic mass is 79.9. The van der Waals surface area contributed by atoms with Crippen LogP contribution in [-0.4, -0.2) is 43.9 Å². The smallest absolute Gasteiger partial charge is 0.244 e. The van der Waals surface area contributed by atoms with E-state index in [0.29, 0.717) is 22.5 Å². The zero-order valence-electron chi connectivity index (χ0n) is 12.5. The molecule has 7 heteroatoms. The van der Waals surface area contributed by atoms with Crippen molar-refractivity contribution in [2.75, 3.05) is 25.1 Å². The van der Waals surface area contributed by atoms with Gasteiger partial charge in [-0.05, 0) is 54.0 Å². The number of nitrogens with one attached hydrogen (secondary N) is 1. The van der Waals surface area contributed by atoms with Gasteiger partial charge >= 0.3 is 0 Å². The maximum atomic E-state index is 13.0. The second-order valence-corrected chi connectivity index (χ2v) is 9.10. The van der Waals surface area contributed by atoms with E-state index in [1.54, 1.807) is 10.4 Å². The molecule has 1 aromatic rings. The fraction of sp³-hybridized carbons (Fsp3) is 0.571. The molecule has 0 saturated carbocycles. The lowest BCUT2D eigenvalue weighted by molar-refractivity contribution is 0.367. The number of hydrogen-bond donors (Lipinski definition) is 1. The number of halogens is 1. The largest absolute Gasteiger partial charge is 0.316 e. The number of aryl methyl sites for hydroxylation is 1. The second-order valence-electron chi connectivity index (χ2n) is 5.29. The van der Waals surface area contributed by atoms with E-state index >= 15 is 0 Å². The Bertz CT molecular complexity index is 620. The summed E-state index contributed by atoms with van der Waals surface area (Å²) in [6.45, 7) is 5.14. The van der Waals surface area contributed by atoms with E-state index in [0.717, 1.165) is 22.6 Å². The van der Waals surface area contributed by atoms with Crippen LogP contribution in [-0.2, 0) is 16.6 Å². The molecule has 2 rings (SSSR count). The Labute approximate surface area is 139 Å². The zero-order valence-corrected chi connectivity index (χ0v) is 15.7. The Morgan fingerprint density at radius 3 is 2.81 bits per heavy atom. The Hall–Kier alpha value is -0.0800. The highest BCUT2D eigenvalue weighted by Crippen LogP contribution is 2.32. The van der Waals surface area contributed by atoms with E-state index in [4.69, 9.17) is 0 Å². The quantitative estimate of drug-likeness (QED) is 0.855. The van der Waals surface area contributed by atoms with E-state index in [1.807, 2.05) is 38.7 Å². The first kappa shape index (κ1) is 17.3. The molecule has 0 amide bonds. The highest BCUT2D eigenvalue weighted by Gasteiger charge is 2.33. The average Bonchev–Trinajstić information content (AvgIpc) is 2.43. The summed E-state index contributed by atoms with van der Waals surface area (Å²) in [5.41, 5.74) is 1.93. The van der Waals surface area contributed by atoms with Crippen LogP contribution in [0.1, 0.15) is 18.1 Å². The molecule has 1 N–H and O–H groups in total. The minimum absolute atomic E-state index is 0.0360. The second kappa shape index (κ2) is 7.00. The van der Waals surface area contributed by atoms with Crippen LogP contribution in [0.15, 0.2) is 21.5 Å². The number of sulfonamides is 1. The van der Waals surface area contributed by atoms with Crippen molar-refractivity contribution in [2.24, 2.45) is 0 Å². The van der Waals surface area contributed by atoms with Crippen molar-refractivity contribution in [3.05, 3.63) is 27.7 Å². The Kier molecular flexibility index (Phi) is 5.76. The van der Waals surface area contributed by atoms with Crippen molar-refractivity contribution in [2.45, 2.75) is 31.3 Å². The molecule has 0 aromatic heterocycles. The molecule has 1 saturated heterocycles. The molecule has 1 atom stereocenters. The predicted octanol–water partition coefficient (Wildman–Crippen LogP) is 2.60. The van der Waals surface area contributed by atoms with Crippen molar-refractivity contribution < 1.29 is 8.42 Å². The van der Waals surface area contributed by atoms with Gasteiger partial charge in [0.25, 0.3) is 0 Å². The van der Waals surface area contributed by atoms with Crippen molar-refractivity contribution in [3.8, 4) is 0 Å². The molecule has 0 spiro atoms. The summed E-state index contributed by atoms with van der Waals surface area (Å²) in [5.74, 6) is 1.71. The lowest BCUT2D eigenvalue weighted by atomic mass is 10.1. The molecule has 0 radical (unpaired) electrons. The van der Waals surface area contributed by atoms with E-state index in [9.17, 15) is 8.42 Å². The molecule has 1 aromatic carbocycles. The standard InChI is InChI=1S/C14H21BrN2O2S2/c1-10-6-12(8-16-3)7-13(14(10)15)21(18,19)17-4-5-20-9-11(17)2/h6-7,11,16H,4-5,8-9H2,1-3H3. The monoisotopic (exact) mass is 392 g/mol. The zero-order chi connectivity index (χ0) is 15.6. The van der Waals surface area contributed by atoms with Gasteiger partial charge in [-0.25, -0.2) is 8.42 Å². The summed E-state index contributed by atoms with van der Waals surface area (Å²) in [5, 5.41) is 3.07. The van der Waals surface area contributed by atoms with Crippen LogP contribution >= 0.6 is 27.7 Å². The van der Waals surface area contributed by atoms with Crippen molar-refractivity contribution >= 4 is 37.7 Å². The van der Waals surface area contributed by atoms with Gasteiger partial charge < -0.3 is 5.32 Å². The normalized spacial score (nSPS) is 20.7. The fourth-order valence-electron chi connectivity index (χ4n) is 2.50. The van der Waals surface area contributed by atoms with Crippen LogP contribution in [0.5, 0.6) is 0 Å². The van der Waals surface area contributed by atoms with Gasteiger partial charge in [0, 0.05) is 35.1 Å². The van der Waals surface area contributed by atoms with Crippen LogP contribution in [0.4, 0.5) is 0 Å². The van der Waals surface area contributed by atoms with Crippen molar-refractivity contribution in [1.82, 2.24) is 9.62 Å². The fourth-order valence-corrected chi connectivity index (χ4v) is 6.38. The Morgan fingerprint density at radius 2 is 2.19 bits per heavy atom. The molecule has 1 aliphatic heterocycles. The summed E-state index contributed by atoms with van der Waals surface area (Å²) in [6.07, 6.45) is 0. The van der Waals surface area contributed by atoms with Gasteiger partial charge in [0.15, 0.2) is 0 Å². The van der Waals surface area contributed by atoms with Gasteiger partial charge in [-0.2, -0.15) is 16.1 Å². The molecule has 21 heavy (non-hydrogen) atoms. The Balaban J connectivity index is 2.48. The third-order valence-electron chi connectivity index (χ3n) is 3.56. The number of rotatable bonds is 4. The highest BCUT2D eigenvalue weighted by molar-refractivity contribution is 9.10. The molecular weight excluding hydrogens is 372 g/mol. The van der Waals surface area contributed by atoms with Crippen LogP contribution in [0.2, 0.25) is 0 Å². The van der Waals surface area contributed by atoms with E-state index < -0.39 is 10.0 Å². The molecule has 1 fully saturated rings. The van der Waals surface area contributed by atoms with E-state index in [1.165, 1.54) is 0 Å². The topological polar surface area (TPSA) is 49.4 Å². The van der Waals surface area contributed by atoms with Gasteiger partial charge in [0.2, 0.25) is 10.0 Å². The first-order chi connectivity index (χ1) is 9.87. The molecule has 0 bridgehead atoms. The van der Waals surface area contributed by atoms with Gasteiger partial charge in [-0.15, -0.1) is 0 Å². The predicted molar refractivity (Wildman–Crippen MR) is 92.3 cm³/mol. The summed E-state index contributed by atoms with van der Waals surface area (Å²) < 4.78 is 28.3. The third kappa shape index (κ3) is 3.64. The lowest BCUT2D eigenvalue weighted by Crippen LogP contribution is -2.44. The summed E-state index contributed by atoms with van der Waals surface area (Å²) in [6, 6.07) is 3.82. The Morgan fingerprint density at radius 1 is 1.48 bits per heavy atom. The third-order valence-corrected chi connectivity index (χ3v) is 8.10. The van der Waals surface area contributed by atoms with Gasteiger partial charge in [-0.3, -0.25) is 0 Å². The molecule has 1 heterocycles. The summed E-state index contributed by atoms with van der Waals surface area (Å²) in [7, 11) is -1.60. The maximum Gasteiger partial charge on any atom is 0.244 e. The SMILES string of the molecule is CNCc1cc(C)c(Br)c(S(=O)(=O)N2CCSCC2C)c1. The van der Waals surface area contributed by atoms with Crippen LogP contribution in [0.25, 0.3) is 0 Å². The van der Waals surface area contributed by atoms with Gasteiger partial charge in [0.05, 0.1) is 4.90 Å². The number of benzene rings is 1. The lowest BCUT2D eigenvalue weighted by Gasteiger charge is -2.32. The first-order valence-corrected chi connectivity index (χ1v) is 10.3. The summed E-state index contributed by atoms with van der Waals surface area (Å²) in [4.78, 5) is 0.381. The molecule has 0 aliphatic carbocycles. The minimum atomic E-state index is -3.46. The molecule has 4 nitrogen and oxygen atoms in total. The van der Waals surface area contributed by atoms with Gasteiger partial charge in [-0.1, -0.05) is 6.07 Å². The van der Waals surface area contributed by atoms with E-state index in [2.05, 4.69) is 21.2 Å². The molecule has 1 aliphatic rings. The van der Waals surface area contributed by atoms with Crippen molar-refractivity contribution in [1.29, 1.82) is 0 Å². The number of hydrogen-bond acceptors (Lipinski definition) is 4. The number of thioether (sulfide) groups is 1. The van der Waals surface area contributed by atoms with Gasteiger partial charge in [0.1, 0.15) is 0 Å². The maximum absolute atomic E-state index is 13.0. The molecular formula is C14H21BrN2O2S2. The van der Waals surface area contributed by atoms with Crippen LogP contribution in [0.3, 0.4) is 0 Å². The van der Waals surface area contributed by atoms with E-state index in [-0.39, 0.29) is 6.04 Å². The average molecular weight is 393 g/mol. The first-order valence-electron chi connectivity index (χ1n) is 6.91. The number of nitrogens with zero attached hydrogens (tertiary/aromatic N) is 1. The molecule has 1 unspecified atom stereocenters. The van der Waals surface area contributed by atoms with Crippen LogP contribution < -0.4 is 5.32 Å². The van der Waals surface area contributed by atoms with Crippen molar-refractivity contribution in [3.63, 3.8) is 0 Å². The van der Waals surface area contributed by atoms with Crippen LogP contribution in [0, 0.1) is 6.92 Å². The summed E-state index contributed by atoms with van der Waals surface area (Å²) >= 11 is 5.27. The molecule has 118 valence electrons. The minimum Gasteiger partial charge on any atom is -0.316 e.